The number of aromatic nitrogens is 2. The number of carboxylic acid groups (broad SMARTS) is 1. The number of hydrogen-bond donors (Lipinski definition) is 2. The number of thiophene rings is 1. The normalized spacial score (nSPS) is 18.8. The van der Waals surface area contributed by atoms with E-state index in [1.54, 1.807) is 34.2 Å². The minimum absolute atomic E-state index is 0.114. The molecule has 6 rings (SSSR count). The molecule has 0 saturated carbocycles. The summed E-state index contributed by atoms with van der Waals surface area (Å²) in [6.07, 6.45) is 1.19. The van der Waals surface area contributed by atoms with Gasteiger partial charge in [-0.3, -0.25) is 4.79 Å². The summed E-state index contributed by atoms with van der Waals surface area (Å²) in [6.45, 7) is 6.27. The number of fused-ring (bicyclic) bond motifs is 1. The van der Waals surface area contributed by atoms with Crippen molar-refractivity contribution in [3.8, 4) is 5.69 Å². The van der Waals surface area contributed by atoms with Crippen LogP contribution in [0.1, 0.15) is 82.1 Å². The lowest BCUT2D eigenvalue weighted by Crippen LogP contribution is -2.30. The monoisotopic (exact) mass is 523 g/mol. The summed E-state index contributed by atoms with van der Waals surface area (Å²) in [4.78, 5) is 27.1. The molecule has 1 aliphatic carbocycles. The van der Waals surface area contributed by atoms with E-state index in [4.69, 9.17) is 5.10 Å². The van der Waals surface area contributed by atoms with Gasteiger partial charge in [-0.25, -0.2) is 9.48 Å². The van der Waals surface area contributed by atoms with Crippen LogP contribution in [-0.4, -0.2) is 26.6 Å². The van der Waals surface area contributed by atoms with Crippen molar-refractivity contribution in [3.05, 3.63) is 110 Å². The highest BCUT2D eigenvalue weighted by Crippen LogP contribution is 2.50. The summed E-state index contributed by atoms with van der Waals surface area (Å²) < 4.78 is 1.70. The fraction of sp³-hybridized carbons (Fsp3) is 0.258. The van der Waals surface area contributed by atoms with Gasteiger partial charge in [-0.15, -0.1) is 11.3 Å². The van der Waals surface area contributed by atoms with Crippen LogP contribution in [0.5, 0.6) is 0 Å². The summed E-state index contributed by atoms with van der Waals surface area (Å²) in [6, 6.07) is 19.6. The third-order valence-corrected chi connectivity index (χ3v) is 8.74. The van der Waals surface area contributed by atoms with Gasteiger partial charge in [0.25, 0.3) is 0 Å². The molecule has 6 nitrogen and oxygen atoms in total. The molecular weight excluding hydrogens is 494 g/mol. The van der Waals surface area contributed by atoms with Crippen molar-refractivity contribution in [2.24, 2.45) is 0 Å². The van der Waals surface area contributed by atoms with Crippen LogP contribution >= 0.6 is 11.3 Å². The molecule has 0 spiro atoms. The second-order valence-corrected chi connectivity index (χ2v) is 11.4. The molecule has 7 heteroatoms. The second kappa shape index (κ2) is 9.40. The van der Waals surface area contributed by atoms with E-state index in [-0.39, 0.29) is 23.2 Å². The zero-order chi connectivity index (χ0) is 26.6. The maximum Gasteiger partial charge on any atom is 0.337 e. The van der Waals surface area contributed by atoms with Crippen molar-refractivity contribution in [1.82, 2.24) is 9.78 Å². The number of para-hydroxylation sites is 1. The summed E-state index contributed by atoms with van der Waals surface area (Å²) >= 11 is 1.68. The number of aromatic carboxylic acids is 1. The number of allylic oxidation sites excluding steroid dienone is 2. The number of nitrogens with one attached hydrogen (secondary N) is 1. The number of carbonyl (C=O) groups excluding carboxylic acids is 1. The number of nitrogens with zero attached hydrogens (tertiary/aromatic N) is 2. The Morgan fingerprint density at radius 1 is 1.08 bits per heavy atom. The Hall–Kier alpha value is -3.97. The molecule has 3 heterocycles. The standard InChI is InChI=1S/C31H29N3O3S/c1-17(2)19-10-12-20(13-11-19)28-27-18(3)33-34(24-8-5-4-7-22(24)31(36)37)30(27)32-23-15-21(16-25(35)29(23)28)26-9-6-14-38-26/h4-14,17,21,28,32H,15-16H2,1-3H3,(H,36,37)/t21-,28+/m0/s1. The lowest BCUT2D eigenvalue weighted by Gasteiger charge is -2.35. The van der Waals surface area contributed by atoms with Crippen LogP contribution < -0.4 is 5.32 Å². The van der Waals surface area contributed by atoms with E-state index in [0.29, 0.717) is 24.4 Å². The summed E-state index contributed by atoms with van der Waals surface area (Å²) in [7, 11) is 0. The van der Waals surface area contributed by atoms with E-state index in [0.717, 1.165) is 33.9 Å². The first-order chi connectivity index (χ1) is 18.3. The molecule has 2 aliphatic rings. The van der Waals surface area contributed by atoms with Crippen LogP contribution in [0.4, 0.5) is 5.82 Å². The van der Waals surface area contributed by atoms with Gasteiger partial charge in [-0.1, -0.05) is 56.3 Å². The van der Waals surface area contributed by atoms with Crippen LogP contribution in [0.3, 0.4) is 0 Å². The zero-order valence-electron chi connectivity index (χ0n) is 21.6. The van der Waals surface area contributed by atoms with Crippen LogP contribution in [0.2, 0.25) is 0 Å². The first-order valence-corrected chi connectivity index (χ1v) is 13.8. The Balaban J connectivity index is 1.55. The van der Waals surface area contributed by atoms with E-state index < -0.39 is 5.97 Å². The van der Waals surface area contributed by atoms with Crippen molar-refractivity contribution >= 4 is 28.9 Å². The lowest BCUT2D eigenvalue weighted by molar-refractivity contribution is -0.116. The van der Waals surface area contributed by atoms with E-state index in [1.165, 1.54) is 10.4 Å². The van der Waals surface area contributed by atoms with Gasteiger partial charge < -0.3 is 10.4 Å². The number of carbonyl (C=O) groups is 2. The van der Waals surface area contributed by atoms with Crippen LogP contribution in [-0.2, 0) is 4.79 Å². The predicted molar refractivity (Wildman–Crippen MR) is 150 cm³/mol. The van der Waals surface area contributed by atoms with Crippen LogP contribution in [0.25, 0.3) is 5.69 Å². The average Bonchev–Trinajstić information content (AvgIpc) is 3.56. The Morgan fingerprint density at radius 2 is 1.84 bits per heavy atom. The van der Waals surface area contributed by atoms with E-state index in [1.807, 2.05) is 19.1 Å². The molecule has 0 radical (unpaired) electrons. The van der Waals surface area contributed by atoms with Crippen molar-refractivity contribution < 1.29 is 14.7 Å². The van der Waals surface area contributed by atoms with Gasteiger partial charge >= 0.3 is 5.97 Å². The predicted octanol–water partition coefficient (Wildman–Crippen LogP) is 7.02. The number of aryl methyl sites for hydroxylation is 1. The van der Waals surface area contributed by atoms with Crippen molar-refractivity contribution in [1.29, 1.82) is 0 Å². The Kier molecular flexibility index (Phi) is 6.03. The maximum absolute atomic E-state index is 13.8. The van der Waals surface area contributed by atoms with Gasteiger partial charge in [0.05, 0.1) is 16.9 Å². The number of hydrogen-bond acceptors (Lipinski definition) is 5. The minimum Gasteiger partial charge on any atom is -0.478 e. The van der Waals surface area contributed by atoms with E-state index in [9.17, 15) is 14.7 Å². The SMILES string of the molecule is Cc1nn(-c2ccccc2C(=O)O)c2c1[C@@H](c1ccc(C(C)C)cc1)C1=C(C[C@H](c3cccs3)CC1=O)N2. The van der Waals surface area contributed by atoms with Crippen molar-refractivity contribution in [2.45, 2.75) is 51.4 Å². The van der Waals surface area contributed by atoms with Crippen LogP contribution in [0.15, 0.2) is 77.3 Å². The summed E-state index contributed by atoms with van der Waals surface area (Å²) in [5, 5.41) is 20.3. The smallest absolute Gasteiger partial charge is 0.337 e. The topological polar surface area (TPSA) is 84.2 Å². The van der Waals surface area contributed by atoms with Gasteiger partial charge in [-0.05, 0) is 54.0 Å². The van der Waals surface area contributed by atoms with Crippen LogP contribution in [0, 0.1) is 6.92 Å². The largest absolute Gasteiger partial charge is 0.478 e. The molecular formula is C31H29N3O3S. The zero-order valence-corrected chi connectivity index (χ0v) is 22.4. The maximum atomic E-state index is 13.8. The highest BCUT2D eigenvalue weighted by molar-refractivity contribution is 7.10. The highest BCUT2D eigenvalue weighted by Gasteiger charge is 2.41. The minimum atomic E-state index is -1.01. The molecule has 2 aromatic heterocycles. The Bertz CT molecular complexity index is 1580. The molecule has 2 aromatic carbocycles. The van der Waals surface area contributed by atoms with Gasteiger partial charge in [0.1, 0.15) is 5.82 Å². The lowest BCUT2D eigenvalue weighted by atomic mass is 9.73. The Labute approximate surface area is 225 Å². The molecule has 0 bridgehead atoms. The summed E-state index contributed by atoms with van der Waals surface area (Å²) in [5.74, 6) is 0.117. The average molecular weight is 524 g/mol. The molecule has 38 heavy (non-hydrogen) atoms. The van der Waals surface area contributed by atoms with Gasteiger partial charge in [0.15, 0.2) is 5.78 Å². The van der Waals surface area contributed by atoms with Crippen molar-refractivity contribution in [3.63, 3.8) is 0 Å². The fourth-order valence-electron chi connectivity index (χ4n) is 5.82. The quantitative estimate of drug-likeness (QED) is 0.294. The molecule has 0 unspecified atom stereocenters. The molecule has 2 atom stereocenters. The van der Waals surface area contributed by atoms with Gasteiger partial charge in [-0.2, -0.15) is 5.10 Å². The van der Waals surface area contributed by atoms with Crippen molar-refractivity contribution in [2.75, 3.05) is 5.32 Å². The second-order valence-electron chi connectivity index (χ2n) is 10.4. The number of anilines is 1. The van der Waals surface area contributed by atoms with E-state index >= 15 is 0 Å². The van der Waals surface area contributed by atoms with Gasteiger partial charge in [0, 0.05) is 40.0 Å². The molecule has 0 saturated heterocycles. The number of carboxylic acids is 1. The number of Topliss-reactive ketones (excluding diaryl/α,β-unsaturated/α-hetero) is 1. The first-order valence-electron chi connectivity index (χ1n) is 12.9. The molecule has 1 aliphatic heterocycles. The van der Waals surface area contributed by atoms with E-state index in [2.05, 4.69) is 54.9 Å². The first kappa shape index (κ1) is 24.4. The van der Waals surface area contributed by atoms with Gasteiger partial charge in [0.2, 0.25) is 0 Å². The number of ketones is 1. The Morgan fingerprint density at radius 3 is 2.53 bits per heavy atom. The number of benzene rings is 2. The fourth-order valence-corrected chi connectivity index (χ4v) is 6.65. The highest BCUT2D eigenvalue weighted by atomic mass is 32.1. The molecule has 0 amide bonds. The molecule has 2 N–H and O–H groups in total. The molecule has 4 aromatic rings. The summed E-state index contributed by atoms with van der Waals surface area (Å²) in [5.41, 5.74) is 6.35. The number of rotatable bonds is 5. The molecule has 192 valence electrons. The third-order valence-electron chi connectivity index (χ3n) is 7.71. The third kappa shape index (κ3) is 3.98. The molecule has 0 fully saturated rings.